The monoisotopic (exact) mass is 567 g/mol. The third-order valence-electron chi connectivity index (χ3n) is 8.80. The van der Waals surface area contributed by atoms with Crippen LogP contribution in [-0.2, 0) is 20.9 Å². The fourth-order valence-corrected chi connectivity index (χ4v) is 7.07. The zero-order valence-corrected chi connectivity index (χ0v) is 23.7. The van der Waals surface area contributed by atoms with E-state index in [0.29, 0.717) is 24.9 Å². The first-order valence-corrected chi connectivity index (χ1v) is 14.8. The molecule has 218 valence electrons. The molecule has 2 N–H and O–H groups in total. The molecule has 0 spiro atoms. The highest BCUT2D eigenvalue weighted by atomic mass is 16.5. The van der Waals surface area contributed by atoms with Crippen LogP contribution >= 0.6 is 0 Å². The summed E-state index contributed by atoms with van der Waals surface area (Å²) in [5, 5.41) is 12.1. The van der Waals surface area contributed by atoms with Crippen LogP contribution in [0.15, 0.2) is 78.9 Å². The van der Waals surface area contributed by atoms with Gasteiger partial charge in [-0.05, 0) is 52.5 Å². The topological polar surface area (TPSA) is 99.2 Å². The number of alkyl carbamates (subject to hydrolysis) is 1. The van der Waals surface area contributed by atoms with E-state index in [1.54, 1.807) is 0 Å². The van der Waals surface area contributed by atoms with E-state index >= 15 is 0 Å². The number of hydrogen-bond donors (Lipinski definition) is 2. The number of likely N-dealkylation sites (tertiary alicyclic amines) is 2. The van der Waals surface area contributed by atoms with Gasteiger partial charge in [-0.2, -0.15) is 0 Å². The summed E-state index contributed by atoms with van der Waals surface area (Å²) in [6.07, 6.45) is 0.178. The summed E-state index contributed by atoms with van der Waals surface area (Å²) in [5.74, 6) is -0.638. The number of hydrogen-bond acceptors (Lipinski definition) is 5. The van der Waals surface area contributed by atoms with Gasteiger partial charge < -0.3 is 20.1 Å². The fraction of sp³-hybridized carbons (Fsp3) is 0.382. The maximum absolute atomic E-state index is 13.7. The molecular formula is C34H37N3O5. The van der Waals surface area contributed by atoms with Gasteiger partial charge in [0.05, 0.1) is 0 Å². The molecule has 1 aliphatic carbocycles. The van der Waals surface area contributed by atoms with Gasteiger partial charge in [-0.15, -0.1) is 0 Å². The van der Waals surface area contributed by atoms with Crippen molar-refractivity contribution in [1.29, 1.82) is 0 Å². The van der Waals surface area contributed by atoms with Crippen molar-refractivity contribution in [2.75, 3.05) is 32.8 Å². The van der Waals surface area contributed by atoms with Crippen LogP contribution in [0.1, 0.15) is 41.9 Å². The third-order valence-corrected chi connectivity index (χ3v) is 8.80. The van der Waals surface area contributed by atoms with Gasteiger partial charge in [0, 0.05) is 45.1 Å². The van der Waals surface area contributed by atoms with Crippen molar-refractivity contribution in [3.8, 4) is 11.1 Å². The number of fused-ring (bicyclic) bond motifs is 5. The summed E-state index contributed by atoms with van der Waals surface area (Å²) < 4.78 is 5.68. The number of amides is 2. The van der Waals surface area contributed by atoms with Crippen molar-refractivity contribution in [2.45, 2.75) is 37.8 Å². The number of aliphatic carboxylic acids is 1. The Morgan fingerprint density at radius 2 is 1.43 bits per heavy atom. The SMILES string of the molecule is O=C(O)CCC(NC(=O)OCC1c2ccccc2-c2ccccc21)C(=O)N1CC2CC(CN(Cc3ccccc3)C2)C1. The number of nitrogens with one attached hydrogen (secondary N) is 1. The smallest absolute Gasteiger partial charge is 0.407 e. The normalized spacial score (nSPS) is 20.3. The zero-order valence-electron chi connectivity index (χ0n) is 23.7. The largest absolute Gasteiger partial charge is 0.481 e. The van der Waals surface area contributed by atoms with Gasteiger partial charge in [0.1, 0.15) is 12.6 Å². The second-order valence-corrected chi connectivity index (χ2v) is 11.8. The molecule has 8 heteroatoms. The highest BCUT2D eigenvalue weighted by molar-refractivity contribution is 5.86. The number of carbonyl (C=O) groups excluding carboxylic acids is 2. The standard InChI is InChI=1S/C34H37N3O5/c38-32(39)15-14-31(33(40)37-20-24-16-25(21-37)19-36(18-24)17-23-8-2-1-3-9-23)35-34(41)42-22-30-28-12-6-4-10-26(28)27-11-5-7-13-29(27)30/h1-13,24-25,30-31H,14-22H2,(H,35,41)(H,38,39). The Kier molecular flexibility index (Phi) is 8.24. The maximum atomic E-state index is 13.7. The molecule has 0 radical (unpaired) electrons. The van der Waals surface area contributed by atoms with Gasteiger partial charge in [-0.3, -0.25) is 14.5 Å². The van der Waals surface area contributed by atoms with Crippen molar-refractivity contribution in [2.24, 2.45) is 11.8 Å². The molecule has 3 aromatic carbocycles. The van der Waals surface area contributed by atoms with Crippen LogP contribution in [0, 0.1) is 11.8 Å². The molecule has 2 saturated heterocycles. The minimum absolute atomic E-state index is 0.0182. The van der Waals surface area contributed by atoms with Crippen LogP contribution in [-0.4, -0.2) is 71.7 Å². The van der Waals surface area contributed by atoms with E-state index in [9.17, 15) is 19.5 Å². The number of carbonyl (C=O) groups is 3. The van der Waals surface area contributed by atoms with Crippen molar-refractivity contribution >= 4 is 18.0 Å². The minimum Gasteiger partial charge on any atom is -0.481 e. The minimum atomic E-state index is -1.01. The van der Waals surface area contributed by atoms with Crippen molar-refractivity contribution in [3.63, 3.8) is 0 Å². The highest BCUT2D eigenvalue weighted by Crippen LogP contribution is 2.44. The quantitative estimate of drug-likeness (QED) is 0.388. The van der Waals surface area contributed by atoms with Gasteiger partial charge in [-0.1, -0.05) is 78.9 Å². The van der Waals surface area contributed by atoms with Crippen LogP contribution in [0.25, 0.3) is 11.1 Å². The Morgan fingerprint density at radius 1 is 0.833 bits per heavy atom. The van der Waals surface area contributed by atoms with Crippen LogP contribution in [0.5, 0.6) is 0 Å². The van der Waals surface area contributed by atoms with Gasteiger partial charge in [0.2, 0.25) is 5.91 Å². The molecule has 3 aliphatic rings. The molecule has 3 unspecified atom stereocenters. The summed E-state index contributed by atoms with van der Waals surface area (Å²) in [4.78, 5) is 42.4. The van der Waals surface area contributed by atoms with Crippen LogP contribution in [0.3, 0.4) is 0 Å². The van der Waals surface area contributed by atoms with E-state index in [-0.39, 0.29) is 31.3 Å². The predicted octanol–water partition coefficient (Wildman–Crippen LogP) is 4.74. The molecule has 3 aromatic rings. The molecule has 3 atom stereocenters. The fourth-order valence-electron chi connectivity index (χ4n) is 7.07. The van der Waals surface area contributed by atoms with Crippen molar-refractivity contribution in [3.05, 3.63) is 95.6 Å². The lowest BCUT2D eigenvalue weighted by Gasteiger charge is -2.46. The van der Waals surface area contributed by atoms with E-state index in [0.717, 1.165) is 48.3 Å². The van der Waals surface area contributed by atoms with Gasteiger partial charge >= 0.3 is 12.1 Å². The molecule has 2 aliphatic heterocycles. The van der Waals surface area contributed by atoms with E-state index in [1.807, 2.05) is 35.2 Å². The second-order valence-electron chi connectivity index (χ2n) is 11.8. The predicted molar refractivity (Wildman–Crippen MR) is 159 cm³/mol. The first-order valence-electron chi connectivity index (χ1n) is 14.8. The Hall–Kier alpha value is -4.17. The summed E-state index contributed by atoms with van der Waals surface area (Å²) in [6, 6.07) is 25.7. The Balaban J connectivity index is 1.08. The van der Waals surface area contributed by atoms with E-state index in [2.05, 4.69) is 58.7 Å². The maximum Gasteiger partial charge on any atom is 0.407 e. The lowest BCUT2D eigenvalue weighted by atomic mass is 9.84. The van der Waals surface area contributed by atoms with Gasteiger partial charge in [-0.25, -0.2) is 4.79 Å². The summed E-state index contributed by atoms with van der Waals surface area (Å²) in [7, 11) is 0. The number of rotatable bonds is 9. The summed E-state index contributed by atoms with van der Waals surface area (Å²) >= 11 is 0. The first-order chi connectivity index (χ1) is 20.4. The Morgan fingerprint density at radius 3 is 2.05 bits per heavy atom. The first kappa shape index (κ1) is 28.0. The molecule has 0 aromatic heterocycles. The van der Waals surface area contributed by atoms with Gasteiger partial charge in [0.25, 0.3) is 0 Å². The van der Waals surface area contributed by atoms with Crippen molar-refractivity contribution < 1.29 is 24.2 Å². The number of benzene rings is 3. The number of nitrogens with zero attached hydrogens (tertiary/aromatic N) is 2. The van der Waals surface area contributed by atoms with Crippen LogP contribution < -0.4 is 5.32 Å². The van der Waals surface area contributed by atoms with Crippen LogP contribution in [0.2, 0.25) is 0 Å². The molecule has 8 nitrogen and oxygen atoms in total. The van der Waals surface area contributed by atoms with E-state index in [4.69, 9.17) is 4.74 Å². The number of ether oxygens (including phenoxy) is 1. The van der Waals surface area contributed by atoms with E-state index in [1.165, 1.54) is 5.56 Å². The lowest BCUT2D eigenvalue weighted by molar-refractivity contribution is -0.139. The zero-order chi connectivity index (χ0) is 29.1. The average molecular weight is 568 g/mol. The number of carboxylic acids is 1. The molecule has 2 fully saturated rings. The molecule has 2 amide bonds. The van der Waals surface area contributed by atoms with Crippen molar-refractivity contribution in [1.82, 2.24) is 15.1 Å². The van der Waals surface area contributed by atoms with Gasteiger partial charge in [0.15, 0.2) is 0 Å². The number of piperidine rings is 2. The Labute approximate surface area is 246 Å². The number of carboxylic acid groups (broad SMARTS) is 1. The highest BCUT2D eigenvalue weighted by Gasteiger charge is 2.38. The third kappa shape index (κ3) is 6.19. The molecule has 0 saturated carbocycles. The summed E-state index contributed by atoms with van der Waals surface area (Å²) in [6.45, 7) is 4.06. The lowest BCUT2D eigenvalue weighted by Crippen LogP contribution is -2.57. The molecule has 2 bridgehead atoms. The molecule has 2 heterocycles. The Bertz CT molecular complexity index is 1380. The molecule has 42 heavy (non-hydrogen) atoms. The van der Waals surface area contributed by atoms with E-state index < -0.39 is 18.1 Å². The molecule has 6 rings (SSSR count). The average Bonchev–Trinajstić information content (AvgIpc) is 3.31. The van der Waals surface area contributed by atoms with Crippen LogP contribution in [0.4, 0.5) is 4.79 Å². The summed E-state index contributed by atoms with van der Waals surface area (Å²) in [5.41, 5.74) is 5.76. The molecular weight excluding hydrogens is 530 g/mol. The second kappa shape index (κ2) is 12.4.